The van der Waals surface area contributed by atoms with Crippen LogP contribution in [0, 0.1) is 5.82 Å². The molecule has 1 aliphatic rings. The van der Waals surface area contributed by atoms with E-state index in [-0.39, 0.29) is 30.2 Å². The smallest absolute Gasteiger partial charge is 0.277 e. The number of amides is 1. The van der Waals surface area contributed by atoms with Crippen molar-refractivity contribution in [1.29, 1.82) is 0 Å². The molecule has 6 nitrogen and oxygen atoms in total. The molecule has 3 aromatic rings. The standard InChI is InChI=1S/C20H19FN4O2/c21-15-8-6-14(7-9-15)20(11-3-12-20)22-18(26)10-13-25-19(27)16-4-1-2-5-17(16)23-24-25/h1-2,4-9H,3,10-13H2,(H,22,26). The van der Waals surface area contributed by atoms with Crippen LogP contribution in [0.1, 0.15) is 31.2 Å². The Morgan fingerprint density at radius 3 is 2.59 bits per heavy atom. The number of hydrogen-bond donors (Lipinski definition) is 1. The molecule has 0 spiro atoms. The summed E-state index contributed by atoms with van der Waals surface area (Å²) in [4.78, 5) is 24.9. The lowest BCUT2D eigenvalue weighted by molar-refractivity contribution is -0.124. The van der Waals surface area contributed by atoms with Gasteiger partial charge >= 0.3 is 0 Å². The summed E-state index contributed by atoms with van der Waals surface area (Å²) in [6, 6.07) is 13.2. The molecule has 1 N–H and O–H groups in total. The second-order valence-electron chi connectivity index (χ2n) is 6.88. The van der Waals surface area contributed by atoms with E-state index in [1.54, 1.807) is 36.4 Å². The van der Waals surface area contributed by atoms with Gasteiger partial charge in [0.1, 0.15) is 11.3 Å². The van der Waals surface area contributed by atoms with Crippen molar-refractivity contribution in [2.45, 2.75) is 37.8 Å². The molecular formula is C20H19FN4O2. The molecule has 4 rings (SSSR count). The van der Waals surface area contributed by atoms with Gasteiger partial charge in [-0.2, -0.15) is 0 Å². The lowest BCUT2D eigenvalue weighted by atomic mass is 9.71. The molecule has 0 bridgehead atoms. The van der Waals surface area contributed by atoms with Crippen LogP contribution in [0.4, 0.5) is 4.39 Å². The van der Waals surface area contributed by atoms with Gasteiger partial charge in [-0.05, 0) is 49.1 Å². The number of carbonyl (C=O) groups is 1. The third-order valence-electron chi connectivity index (χ3n) is 5.16. The van der Waals surface area contributed by atoms with Gasteiger partial charge < -0.3 is 5.32 Å². The number of nitrogens with one attached hydrogen (secondary N) is 1. The van der Waals surface area contributed by atoms with E-state index in [2.05, 4.69) is 15.6 Å². The van der Waals surface area contributed by atoms with Gasteiger partial charge in [-0.15, -0.1) is 5.10 Å². The highest BCUT2D eigenvalue weighted by Crippen LogP contribution is 2.41. The first-order valence-corrected chi connectivity index (χ1v) is 8.97. The number of fused-ring (bicyclic) bond motifs is 1. The molecule has 0 radical (unpaired) electrons. The normalized spacial score (nSPS) is 15.3. The molecular weight excluding hydrogens is 347 g/mol. The Morgan fingerprint density at radius 1 is 1.15 bits per heavy atom. The second-order valence-corrected chi connectivity index (χ2v) is 6.88. The maximum atomic E-state index is 13.2. The highest BCUT2D eigenvalue weighted by Gasteiger charge is 2.39. The van der Waals surface area contributed by atoms with Gasteiger partial charge in [0.15, 0.2) is 0 Å². The monoisotopic (exact) mass is 366 g/mol. The molecule has 1 aliphatic carbocycles. The Labute approximate surface area is 155 Å². The second kappa shape index (κ2) is 6.90. The Morgan fingerprint density at radius 2 is 1.89 bits per heavy atom. The fourth-order valence-electron chi connectivity index (χ4n) is 3.49. The maximum absolute atomic E-state index is 13.2. The van der Waals surface area contributed by atoms with Gasteiger partial charge in [0.25, 0.3) is 5.56 Å². The van der Waals surface area contributed by atoms with E-state index < -0.39 is 5.54 Å². The first-order chi connectivity index (χ1) is 13.1. The Kier molecular flexibility index (Phi) is 4.43. The third kappa shape index (κ3) is 3.32. The zero-order valence-electron chi connectivity index (χ0n) is 14.7. The van der Waals surface area contributed by atoms with Crippen LogP contribution in [0.15, 0.2) is 53.3 Å². The average Bonchev–Trinajstić information content (AvgIpc) is 2.65. The summed E-state index contributed by atoms with van der Waals surface area (Å²) in [5.74, 6) is -0.463. The number of carbonyl (C=O) groups excluding carboxylic acids is 1. The van der Waals surface area contributed by atoms with Crippen molar-refractivity contribution >= 4 is 16.8 Å². The van der Waals surface area contributed by atoms with Crippen molar-refractivity contribution in [3.63, 3.8) is 0 Å². The molecule has 1 saturated carbocycles. The summed E-state index contributed by atoms with van der Waals surface area (Å²) in [7, 11) is 0. The Balaban J connectivity index is 1.46. The summed E-state index contributed by atoms with van der Waals surface area (Å²) in [5.41, 5.74) is 0.745. The molecule has 0 unspecified atom stereocenters. The highest BCUT2D eigenvalue weighted by atomic mass is 19.1. The number of hydrogen-bond acceptors (Lipinski definition) is 4. The van der Waals surface area contributed by atoms with Crippen LogP contribution in [0.5, 0.6) is 0 Å². The molecule has 1 amide bonds. The van der Waals surface area contributed by atoms with E-state index in [0.29, 0.717) is 10.9 Å². The predicted octanol–water partition coefficient (Wildman–Crippen LogP) is 2.52. The van der Waals surface area contributed by atoms with E-state index in [4.69, 9.17) is 0 Å². The summed E-state index contributed by atoms with van der Waals surface area (Å²) in [6.45, 7) is 0.155. The minimum atomic E-state index is -0.440. The topological polar surface area (TPSA) is 76.9 Å². The molecule has 1 fully saturated rings. The SMILES string of the molecule is O=C(CCn1nnc2ccccc2c1=O)NC1(c2ccc(F)cc2)CCC1. The first-order valence-electron chi connectivity index (χ1n) is 8.97. The number of rotatable bonds is 5. The minimum absolute atomic E-state index is 0.121. The van der Waals surface area contributed by atoms with Crippen molar-refractivity contribution in [2.75, 3.05) is 0 Å². The van der Waals surface area contributed by atoms with Crippen LogP contribution in [-0.2, 0) is 16.9 Å². The number of nitrogens with zero attached hydrogens (tertiary/aromatic N) is 3. The van der Waals surface area contributed by atoms with Crippen LogP contribution in [0.3, 0.4) is 0 Å². The fraction of sp³-hybridized carbons (Fsp3) is 0.300. The summed E-state index contributed by atoms with van der Waals surface area (Å²) in [6.07, 6.45) is 2.77. The van der Waals surface area contributed by atoms with Crippen LogP contribution < -0.4 is 10.9 Å². The van der Waals surface area contributed by atoms with E-state index >= 15 is 0 Å². The molecule has 138 valence electrons. The molecule has 1 heterocycles. The highest BCUT2D eigenvalue weighted by molar-refractivity contribution is 5.78. The molecule has 27 heavy (non-hydrogen) atoms. The van der Waals surface area contributed by atoms with Gasteiger partial charge in [0.2, 0.25) is 5.91 Å². The number of halogens is 1. The number of aryl methyl sites for hydroxylation is 1. The molecule has 1 aromatic heterocycles. The first kappa shape index (κ1) is 17.3. The van der Waals surface area contributed by atoms with Crippen molar-refractivity contribution in [2.24, 2.45) is 0 Å². The largest absolute Gasteiger partial charge is 0.347 e. The summed E-state index contributed by atoms with van der Waals surface area (Å²) < 4.78 is 14.4. The van der Waals surface area contributed by atoms with Crippen molar-refractivity contribution < 1.29 is 9.18 Å². The minimum Gasteiger partial charge on any atom is -0.347 e. The van der Waals surface area contributed by atoms with Gasteiger partial charge in [-0.25, -0.2) is 9.07 Å². The van der Waals surface area contributed by atoms with E-state index in [1.165, 1.54) is 16.8 Å². The van der Waals surface area contributed by atoms with E-state index in [1.807, 2.05) is 0 Å². The van der Waals surface area contributed by atoms with Crippen LogP contribution in [0.25, 0.3) is 10.9 Å². The molecule has 7 heteroatoms. The maximum Gasteiger partial charge on any atom is 0.277 e. The van der Waals surface area contributed by atoms with Gasteiger partial charge in [0.05, 0.1) is 17.5 Å². The fourth-order valence-corrected chi connectivity index (χ4v) is 3.49. The lowest BCUT2D eigenvalue weighted by Gasteiger charge is -2.43. The van der Waals surface area contributed by atoms with Crippen LogP contribution >= 0.6 is 0 Å². The molecule has 0 saturated heterocycles. The number of aromatic nitrogens is 3. The van der Waals surface area contributed by atoms with Crippen molar-refractivity contribution in [1.82, 2.24) is 20.3 Å². The predicted molar refractivity (Wildman–Crippen MR) is 98.5 cm³/mol. The number of benzene rings is 2. The average molecular weight is 366 g/mol. The zero-order chi connectivity index (χ0) is 18.9. The van der Waals surface area contributed by atoms with Gasteiger partial charge in [-0.3, -0.25) is 9.59 Å². The lowest BCUT2D eigenvalue weighted by Crippen LogP contribution is -2.51. The third-order valence-corrected chi connectivity index (χ3v) is 5.16. The van der Waals surface area contributed by atoms with Crippen molar-refractivity contribution in [3.05, 3.63) is 70.3 Å². The Bertz CT molecular complexity index is 1040. The summed E-state index contributed by atoms with van der Waals surface area (Å²) in [5, 5.41) is 11.5. The van der Waals surface area contributed by atoms with Crippen molar-refractivity contribution in [3.8, 4) is 0 Å². The summed E-state index contributed by atoms with van der Waals surface area (Å²) >= 11 is 0. The molecule has 0 aliphatic heterocycles. The van der Waals surface area contributed by atoms with E-state index in [0.717, 1.165) is 24.8 Å². The van der Waals surface area contributed by atoms with Gasteiger partial charge in [-0.1, -0.05) is 29.5 Å². The zero-order valence-corrected chi connectivity index (χ0v) is 14.7. The van der Waals surface area contributed by atoms with E-state index in [9.17, 15) is 14.0 Å². The quantitative estimate of drug-likeness (QED) is 0.753. The van der Waals surface area contributed by atoms with Gasteiger partial charge in [0, 0.05) is 6.42 Å². The van der Waals surface area contributed by atoms with Crippen LogP contribution in [0.2, 0.25) is 0 Å². The Hall–Kier alpha value is -3.09. The molecule has 0 atom stereocenters. The van der Waals surface area contributed by atoms with Crippen LogP contribution in [-0.4, -0.2) is 20.9 Å². The molecule has 2 aromatic carbocycles.